The summed E-state index contributed by atoms with van der Waals surface area (Å²) in [6, 6.07) is 6.36. The van der Waals surface area contributed by atoms with Crippen LogP contribution < -0.4 is 10.6 Å². The van der Waals surface area contributed by atoms with Gasteiger partial charge in [-0.25, -0.2) is 8.42 Å². The predicted molar refractivity (Wildman–Crippen MR) is 102 cm³/mol. The van der Waals surface area contributed by atoms with Gasteiger partial charge in [0.05, 0.1) is 16.7 Å². The van der Waals surface area contributed by atoms with E-state index in [-0.39, 0.29) is 11.7 Å². The maximum Gasteiger partial charge on any atom is 0.246 e. The zero-order valence-corrected chi connectivity index (χ0v) is 16.6. The molecule has 0 saturated heterocycles. The first-order valence-corrected chi connectivity index (χ1v) is 9.96. The van der Waals surface area contributed by atoms with Gasteiger partial charge in [0, 0.05) is 24.5 Å². The molecule has 0 bridgehead atoms. The van der Waals surface area contributed by atoms with Crippen LogP contribution in [0.1, 0.15) is 37.9 Å². The number of nitrogens with one attached hydrogen (secondary N) is 2. The van der Waals surface area contributed by atoms with Crippen LogP contribution in [0.5, 0.6) is 0 Å². The molecular formula is C18H26N4O3S. The minimum Gasteiger partial charge on any atom is -0.324 e. The summed E-state index contributed by atoms with van der Waals surface area (Å²) in [5, 5.41) is 9.88. The highest BCUT2D eigenvalue weighted by Gasteiger charge is 2.29. The van der Waals surface area contributed by atoms with Crippen LogP contribution in [0.4, 0.5) is 5.69 Å². The first-order chi connectivity index (χ1) is 12.0. The molecule has 0 aliphatic carbocycles. The molecule has 0 fully saturated rings. The molecule has 1 amide bonds. The normalized spacial score (nSPS) is 13.4. The van der Waals surface area contributed by atoms with Crippen molar-refractivity contribution in [1.29, 1.82) is 0 Å². The highest BCUT2D eigenvalue weighted by Crippen LogP contribution is 2.22. The summed E-state index contributed by atoms with van der Waals surface area (Å²) in [6.07, 6.45) is 3.40. The molecule has 0 radical (unpaired) electrons. The molecule has 1 aromatic carbocycles. The summed E-state index contributed by atoms with van der Waals surface area (Å²) in [6.45, 7) is 5.04. The highest BCUT2D eigenvalue weighted by atomic mass is 32.2. The molecule has 1 unspecified atom stereocenters. The maximum atomic E-state index is 12.6. The fraction of sp³-hybridized carbons (Fsp3) is 0.444. The summed E-state index contributed by atoms with van der Waals surface area (Å²) < 4.78 is 25.6. The molecule has 1 atom stereocenters. The number of sulfone groups is 1. The van der Waals surface area contributed by atoms with E-state index in [0.29, 0.717) is 11.3 Å². The van der Waals surface area contributed by atoms with Crippen LogP contribution in [-0.2, 0) is 27.4 Å². The standard InChI is InChI=1S/C18H26N4O3S/c1-18(2,3)26(24,25)12-13-7-6-8-15(9-13)21-17(23)16(19-4)14-10-20-22(5)11-14/h6-11,16,19H,12H2,1-5H3,(H,21,23). The number of carbonyl (C=O) groups is 1. The number of hydrogen-bond acceptors (Lipinski definition) is 5. The lowest BCUT2D eigenvalue weighted by Gasteiger charge is -2.19. The van der Waals surface area contributed by atoms with Crippen molar-refractivity contribution in [3.8, 4) is 0 Å². The van der Waals surface area contributed by atoms with Crippen molar-refractivity contribution in [3.05, 3.63) is 47.8 Å². The van der Waals surface area contributed by atoms with Crippen molar-refractivity contribution in [2.24, 2.45) is 7.05 Å². The number of carbonyl (C=O) groups excluding carboxylic acids is 1. The van der Waals surface area contributed by atoms with E-state index in [1.165, 1.54) is 0 Å². The minimum atomic E-state index is -3.29. The number of aromatic nitrogens is 2. The second kappa shape index (κ2) is 7.59. The molecule has 142 valence electrons. The van der Waals surface area contributed by atoms with Gasteiger partial charge in [-0.1, -0.05) is 12.1 Å². The van der Waals surface area contributed by atoms with Crippen molar-refractivity contribution >= 4 is 21.4 Å². The summed E-state index contributed by atoms with van der Waals surface area (Å²) >= 11 is 0. The minimum absolute atomic E-state index is 0.0712. The van der Waals surface area contributed by atoms with E-state index in [4.69, 9.17) is 0 Å². The molecule has 2 rings (SSSR count). The zero-order valence-electron chi connectivity index (χ0n) is 15.8. The summed E-state index contributed by atoms with van der Waals surface area (Å²) in [4.78, 5) is 12.6. The number of nitrogens with zero attached hydrogens (tertiary/aromatic N) is 2. The SMILES string of the molecule is CNC(C(=O)Nc1cccc(CS(=O)(=O)C(C)(C)C)c1)c1cnn(C)c1. The Balaban J connectivity index is 2.16. The average molecular weight is 378 g/mol. The van der Waals surface area contributed by atoms with Gasteiger partial charge in [0.2, 0.25) is 5.91 Å². The van der Waals surface area contributed by atoms with Crippen molar-refractivity contribution in [1.82, 2.24) is 15.1 Å². The predicted octanol–water partition coefficient (Wildman–Crippen LogP) is 2.03. The van der Waals surface area contributed by atoms with Gasteiger partial charge < -0.3 is 10.6 Å². The Morgan fingerprint density at radius 1 is 1.31 bits per heavy atom. The van der Waals surface area contributed by atoms with Gasteiger partial charge in [-0.05, 0) is 45.5 Å². The number of anilines is 1. The monoisotopic (exact) mass is 378 g/mol. The maximum absolute atomic E-state index is 12.6. The Morgan fingerprint density at radius 2 is 2.00 bits per heavy atom. The van der Waals surface area contributed by atoms with Gasteiger partial charge in [-0.15, -0.1) is 0 Å². The quantitative estimate of drug-likeness (QED) is 0.802. The lowest BCUT2D eigenvalue weighted by Crippen LogP contribution is -2.30. The van der Waals surface area contributed by atoms with Crippen molar-refractivity contribution in [3.63, 3.8) is 0 Å². The molecule has 26 heavy (non-hydrogen) atoms. The summed E-state index contributed by atoms with van der Waals surface area (Å²) in [5.41, 5.74) is 1.94. The van der Waals surface area contributed by atoms with Gasteiger partial charge >= 0.3 is 0 Å². The van der Waals surface area contributed by atoms with Crippen LogP contribution >= 0.6 is 0 Å². The Kier molecular flexibility index (Phi) is 5.87. The Hall–Kier alpha value is -2.19. The van der Waals surface area contributed by atoms with E-state index >= 15 is 0 Å². The van der Waals surface area contributed by atoms with Crippen LogP contribution in [0.15, 0.2) is 36.7 Å². The third kappa shape index (κ3) is 4.70. The van der Waals surface area contributed by atoms with E-state index in [0.717, 1.165) is 5.56 Å². The number of hydrogen-bond donors (Lipinski definition) is 2. The van der Waals surface area contributed by atoms with E-state index in [2.05, 4.69) is 15.7 Å². The molecular weight excluding hydrogens is 352 g/mol. The van der Waals surface area contributed by atoms with Crippen molar-refractivity contribution < 1.29 is 13.2 Å². The third-order valence-corrected chi connectivity index (χ3v) is 6.67. The Bertz CT molecular complexity index is 882. The number of likely N-dealkylation sites (N-methyl/N-ethyl adjacent to an activating group) is 1. The van der Waals surface area contributed by atoms with Crippen LogP contribution in [-0.4, -0.2) is 35.9 Å². The number of amides is 1. The van der Waals surface area contributed by atoms with Crippen LogP contribution in [0.2, 0.25) is 0 Å². The molecule has 8 heteroatoms. The molecule has 0 spiro atoms. The first kappa shape index (κ1) is 20.1. The molecule has 0 aliphatic heterocycles. The van der Waals surface area contributed by atoms with Gasteiger partial charge in [0.25, 0.3) is 0 Å². The van der Waals surface area contributed by atoms with Crippen LogP contribution in [0.3, 0.4) is 0 Å². The first-order valence-electron chi connectivity index (χ1n) is 8.31. The van der Waals surface area contributed by atoms with Crippen LogP contribution in [0.25, 0.3) is 0 Å². The van der Waals surface area contributed by atoms with E-state index in [9.17, 15) is 13.2 Å². The van der Waals surface area contributed by atoms with E-state index in [1.54, 1.807) is 76.2 Å². The Labute approximate surface area is 154 Å². The number of benzene rings is 1. The van der Waals surface area contributed by atoms with Gasteiger partial charge in [-0.3, -0.25) is 9.48 Å². The fourth-order valence-corrected chi connectivity index (χ4v) is 3.48. The second-order valence-electron chi connectivity index (χ2n) is 7.23. The molecule has 1 heterocycles. The van der Waals surface area contributed by atoms with Gasteiger partial charge in [0.15, 0.2) is 9.84 Å². The van der Waals surface area contributed by atoms with E-state index in [1.807, 2.05) is 0 Å². The zero-order chi connectivity index (χ0) is 19.5. The molecule has 0 saturated carbocycles. The van der Waals surface area contributed by atoms with E-state index < -0.39 is 20.6 Å². The van der Waals surface area contributed by atoms with Crippen molar-refractivity contribution in [2.75, 3.05) is 12.4 Å². The fourth-order valence-electron chi connectivity index (χ4n) is 2.43. The average Bonchev–Trinajstić information content (AvgIpc) is 2.93. The third-order valence-electron chi connectivity index (χ3n) is 4.09. The smallest absolute Gasteiger partial charge is 0.246 e. The lowest BCUT2D eigenvalue weighted by molar-refractivity contribution is -0.118. The van der Waals surface area contributed by atoms with Crippen molar-refractivity contribution in [2.45, 2.75) is 37.3 Å². The molecule has 0 aliphatic rings. The number of rotatable bonds is 6. The summed E-state index contributed by atoms with van der Waals surface area (Å²) in [5.74, 6) is -0.311. The lowest BCUT2D eigenvalue weighted by atomic mass is 10.1. The molecule has 2 aromatic rings. The van der Waals surface area contributed by atoms with Gasteiger partial charge in [-0.2, -0.15) is 5.10 Å². The molecule has 7 nitrogen and oxygen atoms in total. The Morgan fingerprint density at radius 3 is 2.54 bits per heavy atom. The molecule has 1 aromatic heterocycles. The largest absolute Gasteiger partial charge is 0.324 e. The molecule has 2 N–H and O–H groups in total. The topological polar surface area (TPSA) is 93.1 Å². The summed E-state index contributed by atoms with van der Waals surface area (Å²) in [7, 11) is 0.190. The van der Waals surface area contributed by atoms with Gasteiger partial charge in [0.1, 0.15) is 6.04 Å². The highest BCUT2D eigenvalue weighted by molar-refractivity contribution is 7.91. The second-order valence-corrected chi connectivity index (χ2v) is 9.97. The number of aryl methyl sites for hydroxylation is 1. The van der Waals surface area contributed by atoms with Crippen LogP contribution in [0, 0.1) is 0 Å².